The number of nitrogens with one attached hydrogen (secondary N) is 2. The number of nitrogens with zero attached hydrogens (tertiary/aromatic N) is 2. The van der Waals surface area contributed by atoms with Crippen LogP contribution < -0.4 is 15.5 Å². The molecule has 2 rings (SSSR count). The Labute approximate surface area is 132 Å². The Kier molecular flexibility index (Phi) is 6.60. The Morgan fingerprint density at radius 1 is 1.48 bits per heavy atom. The van der Waals surface area contributed by atoms with E-state index in [-0.39, 0.29) is 0 Å². The molecule has 1 aliphatic heterocycles. The lowest BCUT2D eigenvalue weighted by Crippen LogP contribution is -2.48. The van der Waals surface area contributed by atoms with E-state index in [0.717, 1.165) is 44.9 Å². The van der Waals surface area contributed by atoms with Crippen molar-refractivity contribution in [3.63, 3.8) is 0 Å². The molecule has 0 unspecified atom stereocenters. The van der Waals surface area contributed by atoms with Gasteiger partial charge in [-0.05, 0) is 43.7 Å². The molecule has 116 valence electrons. The molecule has 1 aromatic rings. The molecule has 1 fully saturated rings. The lowest BCUT2D eigenvalue weighted by molar-refractivity contribution is 0.463. The fourth-order valence-corrected chi connectivity index (χ4v) is 3.31. The molecule has 0 radical (unpaired) electrons. The molecule has 0 atom stereocenters. The first-order valence-electron chi connectivity index (χ1n) is 7.70. The van der Waals surface area contributed by atoms with Crippen LogP contribution in [0.2, 0.25) is 0 Å². The molecule has 0 aliphatic carbocycles. The summed E-state index contributed by atoms with van der Waals surface area (Å²) < 4.78 is 0. The topological polar surface area (TPSA) is 39.7 Å². The van der Waals surface area contributed by atoms with Gasteiger partial charge in [0.25, 0.3) is 0 Å². The van der Waals surface area contributed by atoms with E-state index in [0.29, 0.717) is 6.04 Å². The second kappa shape index (κ2) is 8.72. The van der Waals surface area contributed by atoms with Gasteiger partial charge in [-0.3, -0.25) is 4.99 Å². The zero-order chi connectivity index (χ0) is 14.9. The van der Waals surface area contributed by atoms with Gasteiger partial charge in [0.2, 0.25) is 0 Å². The molecule has 1 aliphatic rings. The van der Waals surface area contributed by atoms with Crippen molar-refractivity contribution in [1.82, 2.24) is 10.6 Å². The first-order valence-corrected chi connectivity index (χ1v) is 8.58. The number of piperidine rings is 1. The van der Waals surface area contributed by atoms with E-state index in [9.17, 15) is 0 Å². The number of anilines is 1. The van der Waals surface area contributed by atoms with Crippen LogP contribution in [-0.2, 0) is 0 Å². The SMILES string of the molecule is C/C=C/CCNC(=NC)NC1CCN(c2cccs2)CC1. The monoisotopic (exact) mass is 306 g/mol. The van der Waals surface area contributed by atoms with Crippen LogP contribution in [0.15, 0.2) is 34.7 Å². The van der Waals surface area contributed by atoms with Crippen molar-refractivity contribution < 1.29 is 0 Å². The molecule has 0 amide bonds. The zero-order valence-electron chi connectivity index (χ0n) is 13.0. The zero-order valence-corrected chi connectivity index (χ0v) is 13.8. The van der Waals surface area contributed by atoms with Gasteiger partial charge in [0, 0.05) is 32.7 Å². The molecule has 5 heteroatoms. The minimum absolute atomic E-state index is 0.522. The maximum atomic E-state index is 4.31. The second-order valence-electron chi connectivity index (χ2n) is 5.21. The van der Waals surface area contributed by atoms with E-state index in [4.69, 9.17) is 0 Å². The van der Waals surface area contributed by atoms with Crippen molar-refractivity contribution >= 4 is 22.3 Å². The average Bonchev–Trinajstić information content (AvgIpc) is 3.05. The smallest absolute Gasteiger partial charge is 0.191 e. The predicted molar refractivity (Wildman–Crippen MR) is 93.5 cm³/mol. The van der Waals surface area contributed by atoms with Crippen molar-refractivity contribution in [2.75, 3.05) is 31.6 Å². The fraction of sp³-hybridized carbons (Fsp3) is 0.562. The molecule has 0 aromatic carbocycles. The van der Waals surface area contributed by atoms with E-state index < -0.39 is 0 Å². The van der Waals surface area contributed by atoms with Gasteiger partial charge in [0.1, 0.15) is 0 Å². The highest BCUT2D eigenvalue weighted by Crippen LogP contribution is 2.24. The highest BCUT2D eigenvalue weighted by atomic mass is 32.1. The first-order chi connectivity index (χ1) is 10.3. The van der Waals surface area contributed by atoms with Gasteiger partial charge in [-0.2, -0.15) is 0 Å². The third-order valence-corrected chi connectivity index (χ3v) is 4.65. The number of hydrogen-bond donors (Lipinski definition) is 2. The summed E-state index contributed by atoms with van der Waals surface area (Å²) in [4.78, 5) is 6.78. The molecule has 2 N–H and O–H groups in total. The Balaban J connectivity index is 1.71. The van der Waals surface area contributed by atoms with Crippen LogP contribution in [0.3, 0.4) is 0 Å². The maximum absolute atomic E-state index is 4.31. The predicted octanol–water partition coefficient (Wildman–Crippen LogP) is 2.85. The lowest BCUT2D eigenvalue weighted by atomic mass is 10.1. The van der Waals surface area contributed by atoms with Crippen molar-refractivity contribution in [2.24, 2.45) is 4.99 Å². The van der Waals surface area contributed by atoms with Crippen molar-refractivity contribution in [1.29, 1.82) is 0 Å². The molecule has 0 spiro atoms. The number of guanidine groups is 1. The average molecular weight is 306 g/mol. The Morgan fingerprint density at radius 2 is 2.29 bits per heavy atom. The largest absolute Gasteiger partial charge is 0.363 e. The molecular formula is C16H26N4S. The van der Waals surface area contributed by atoms with Crippen LogP contribution in [-0.4, -0.2) is 38.7 Å². The van der Waals surface area contributed by atoms with E-state index in [1.54, 1.807) is 0 Å². The summed E-state index contributed by atoms with van der Waals surface area (Å²) in [6.07, 6.45) is 7.60. The molecule has 21 heavy (non-hydrogen) atoms. The van der Waals surface area contributed by atoms with Gasteiger partial charge in [-0.1, -0.05) is 12.2 Å². The van der Waals surface area contributed by atoms with Gasteiger partial charge < -0.3 is 15.5 Å². The van der Waals surface area contributed by atoms with E-state index in [1.165, 1.54) is 5.00 Å². The van der Waals surface area contributed by atoms with E-state index in [2.05, 4.69) is 57.1 Å². The number of allylic oxidation sites excluding steroid dienone is 1. The maximum Gasteiger partial charge on any atom is 0.191 e. The van der Waals surface area contributed by atoms with Crippen LogP contribution in [0.1, 0.15) is 26.2 Å². The molecule has 0 bridgehead atoms. The van der Waals surface area contributed by atoms with Crippen molar-refractivity contribution in [3.05, 3.63) is 29.7 Å². The van der Waals surface area contributed by atoms with Crippen LogP contribution in [0.5, 0.6) is 0 Å². The van der Waals surface area contributed by atoms with Gasteiger partial charge in [0.05, 0.1) is 5.00 Å². The summed E-state index contributed by atoms with van der Waals surface area (Å²) >= 11 is 1.83. The molecule has 1 aromatic heterocycles. The van der Waals surface area contributed by atoms with Gasteiger partial charge in [0.15, 0.2) is 5.96 Å². The summed E-state index contributed by atoms with van der Waals surface area (Å²) in [5.74, 6) is 0.925. The summed E-state index contributed by atoms with van der Waals surface area (Å²) in [6.45, 7) is 5.22. The summed E-state index contributed by atoms with van der Waals surface area (Å²) in [6, 6.07) is 4.86. The third kappa shape index (κ3) is 5.08. The Morgan fingerprint density at radius 3 is 2.90 bits per heavy atom. The van der Waals surface area contributed by atoms with Crippen molar-refractivity contribution in [2.45, 2.75) is 32.2 Å². The molecule has 2 heterocycles. The summed E-state index contributed by atoms with van der Waals surface area (Å²) in [5, 5.41) is 10.4. The fourth-order valence-electron chi connectivity index (χ4n) is 2.52. The van der Waals surface area contributed by atoms with Gasteiger partial charge in [-0.25, -0.2) is 0 Å². The minimum Gasteiger partial charge on any atom is -0.363 e. The number of aliphatic imine (C=N–C) groups is 1. The van der Waals surface area contributed by atoms with E-state index in [1.807, 2.05) is 18.4 Å². The highest BCUT2D eigenvalue weighted by molar-refractivity contribution is 7.14. The van der Waals surface area contributed by atoms with Crippen molar-refractivity contribution in [3.8, 4) is 0 Å². The Hall–Kier alpha value is -1.49. The number of thiophene rings is 1. The summed E-state index contributed by atoms with van der Waals surface area (Å²) in [5.41, 5.74) is 0. The number of hydrogen-bond acceptors (Lipinski definition) is 3. The normalized spacial score (nSPS) is 17.4. The third-order valence-electron chi connectivity index (χ3n) is 3.72. The molecular weight excluding hydrogens is 280 g/mol. The van der Waals surface area contributed by atoms with E-state index >= 15 is 0 Å². The highest BCUT2D eigenvalue weighted by Gasteiger charge is 2.20. The molecule has 0 saturated carbocycles. The number of rotatable bonds is 5. The van der Waals surface area contributed by atoms with Crippen LogP contribution in [0.25, 0.3) is 0 Å². The summed E-state index contributed by atoms with van der Waals surface area (Å²) in [7, 11) is 1.84. The lowest BCUT2D eigenvalue weighted by Gasteiger charge is -2.33. The molecule has 1 saturated heterocycles. The minimum atomic E-state index is 0.522. The quantitative estimate of drug-likeness (QED) is 0.380. The van der Waals surface area contributed by atoms with Crippen LogP contribution in [0, 0.1) is 0 Å². The first kappa shape index (κ1) is 15.9. The standard InChI is InChI=1S/C16H26N4S/c1-3-4-5-10-18-16(17-2)19-14-8-11-20(12-9-14)15-7-6-13-21-15/h3-4,6-7,13-14H,5,8-12H2,1-2H3,(H2,17,18,19)/b4-3+. The second-order valence-corrected chi connectivity index (χ2v) is 6.14. The van der Waals surface area contributed by atoms with Gasteiger partial charge >= 0.3 is 0 Å². The van der Waals surface area contributed by atoms with Crippen LogP contribution >= 0.6 is 11.3 Å². The van der Waals surface area contributed by atoms with Crippen LogP contribution in [0.4, 0.5) is 5.00 Å². The van der Waals surface area contributed by atoms with Gasteiger partial charge in [-0.15, -0.1) is 11.3 Å². The molecule has 4 nitrogen and oxygen atoms in total. The Bertz CT molecular complexity index is 445.